The fourth-order valence-electron chi connectivity index (χ4n) is 5.43. The molecule has 2 amide bonds. The Labute approximate surface area is 197 Å². The third-order valence-electron chi connectivity index (χ3n) is 7.17. The molecule has 7 nitrogen and oxygen atoms in total. The van der Waals surface area contributed by atoms with Gasteiger partial charge in [0.25, 0.3) is 5.91 Å². The van der Waals surface area contributed by atoms with E-state index in [1.54, 1.807) is 11.1 Å². The molecule has 1 saturated carbocycles. The molecular formula is C25H29N3O4S. The number of hydrogen-bond donors (Lipinski definition) is 1. The largest absolute Gasteiger partial charge is 0.368 e. The Bertz CT molecular complexity index is 1060. The maximum atomic E-state index is 13.7. The highest BCUT2D eigenvalue weighted by molar-refractivity contribution is 7.17. The number of carbonyl (C=O) groups excluding carboxylic acids is 3. The maximum absolute atomic E-state index is 13.7. The molecule has 33 heavy (non-hydrogen) atoms. The van der Waals surface area contributed by atoms with Crippen LogP contribution in [-0.2, 0) is 14.3 Å². The lowest BCUT2D eigenvalue weighted by molar-refractivity contribution is -0.139. The van der Waals surface area contributed by atoms with Crippen LogP contribution >= 0.6 is 11.3 Å². The molecule has 0 aromatic carbocycles. The first-order chi connectivity index (χ1) is 16.0. The first kappa shape index (κ1) is 22.2. The lowest BCUT2D eigenvalue weighted by atomic mass is 9.83. The number of rotatable bonds is 5. The summed E-state index contributed by atoms with van der Waals surface area (Å²) in [6.07, 6.45) is 7.32. The summed E-state index contributed by atoms with van der Waals surface area (Å²) in [5.41, 5.74) is 1.91. The standard InChI is InChI=1S/C25H29N3O4S/c1-15-17(8-5-12-26-15)20-9-10-21(33-20)24(30)27-22(16-6-3-2-4-7-16)25(31)28-13-11-19-23(28)18(29)14-32-19/h5,8-10,12,16,19,22-23H,2-4,6-7,11,13-14H2,1H3,(H,27,30)/t19-,22?,23-/m1/s1. The van der Waals surface area contributed by atoms with Crippen LogP contribution in [0.2, 0.25) is 0 Å². The minimum absolute atomic E-state index is 0.0330. The fraction of sp³-hybridized carbons (Fsp3) is 0.520. The van der Waals surface area contributed by atoms with Crippen molar-refractivity contribution in [2.24, 2.45) is 5.92 Å². The minimum Gasteiger partial charge on any atom is -0.368 e. The van der Waals surface area contributed by atoms with Gasteiger partial charge in [-0.25, -0.2) is 0 Å². The summed E-state index contributed by atoms with van der Waals surface area (Å²) in [5, 5.41) is 3.07. The van der Waals surface area contributed by atoms with Crippen LogP contribution in [-0.4, -0.2) is 58.8 Å². The Morgan fingerprint density at radius 1 is 1.18 bits per heavy atom. The molecule has 2 aromatic heterocycles. The molecule has 2 aliphatic heterocycles. The number of amides is 2. The molecule has 1 aliphatic carbocycles. The first-order valence-corrected chi connectivity index (χ1v) is 12.6. The van der Waals surface area contributed by atoms with Crippen LogP contribution < -0.4 is 5.32 Å². The molecule has 0 spiro atoms. The molecule has 5 rings (SSSR count). The topological polar surface area (TPSA) is 88.6 Å². The van der Waals surface area contributed by atoms with E-state index in [0.717, 1.165) is 48.2 Å². The Morgan fingerprint density at radius 3 is 2.79 bits per heavy atom. The summed E-state index contributed by atoms with van der Waals surface area (Å²) >= 11 is 1.41. The second kappa shape index (κ2) is 9.35. The van der Waals surface area contributed by atoms with Gasteiger partial charge in [-0.05, 0) is 50.3 Å². The second-order valence-corrected chi connectivity index (χ2v) is 10.3. The van der Waals surface area contributed by atoms with Crippen LogP contribution in [0.5, 0.6) is 0 Å². The van der Waals surface area contributed by atoms with E-state index in [-0.39, 0.29) is 36.2 Å². The number of carbonyl (C=O) groups is 3. The van der Waals surface area contributed by atoms with Gasteiger partial charge in [0.15, 0.2) is 5.78 Å². The fourth-order valence-corrected chi connectivity index (χ4v) is 6.42. The lowest BCUT2D eigenvalue weighted by Gasteiger charge is -2.34. The van der Waals surface area contributed by atoms with Crippen molar-refractivity contribution in [1.29, 1.82) is 0 Å². The van der Waals surface area contributed by atoms with Crippen molar-refractivity contribution in [3.63, 3.8) is 0 Å². The summed E-state index contributed by atoms with van der Waals surface area (Å²) in [6, 6.07) is 6.51. The average Bonchev–Trinajstić information content (AvgIpc) is 3.56. The molecule has 1 unspecified atom stereocenters. The molecular weight excluding hydrogens is 438 g/mol. The normalized spacial score (nSPS) is 24.0. The van der Waals surface area contributed by atoms with Gasteiger partial charge in [-0.1, -0.05) is 25.3 Å². The van der Waals surface area contributed by atoms with E-state index in [2.05, 4.69) is 10.3 Å². The van der Waals surface area contributed by atoms with E-state index in [1.165, 1.54) is 11.3 Å². The second-order valence-electron chi connectivity index (χ2n) is 9.23. The van der Waals surface area contributed by atoms with Crippen LogP contribution in [0.15, 0.2) is 30.5 Å². The van der Waals surface area contributed by atoms with Crippen molar-refractivity contribution in [1.82, 2.24) is 15.2 Å². The molecule has 174 valence electrons. The summed E-state index contributed by atoms with van der Waals surface area (Å²) < 4.78 is 5.57. The van der Waals surface area contributed by atoms with Gasteiger partial charge in [-0.2, -0.15) is 0 Å². The molecule has 3 fully saturated rings. The molecule has 0 bridgehead atoms. The number of Topliss-reactive ketones (excluding diaryl/α,β-unsaturated/α-hetero) is 1. The summed E-state index contributed by atoms with van der Waals surface area (Å²) in [4.78, 5) is 46.8. The van der Waals surface area contributed by atoms with Gasteiger partial charge in [-0.15, -0.1) is 11.3 Å². The molecule has 3 atom stereocenters. The quantitative estimate of drug-likeness (QED) is 0.728. The van der Waals surface area contributed by atoms with Crippen LogP contribution in [0, 0.1) is 12.8 Å². The van der Waals surface area contributed by atoms with Crippen molar-refractivity contribution >= 4 is 28.9 Å². The first-order valence-electron chi connectivity index (χ1n) is 11.8. The zero-order chi connectivity index (χ0) is 22.9. The van der Waals surface area contributed by atoms with Crippen molar-refractivity contribution in [2.45, 2.75) is 63.6 Å². The summed E-state index contributed by atoms with van der Waals surface area (Å²) in [6.45, 7) is 2.53. The van der Waals surface area contributed by atoms with E-state index in [0.29, 0.717) is 17.8 Å². The minimum atomic E-state index is -0.615. The van der Waals surface area contributed by atoms with Gasteiger partial charge >= 0.3 is 0 Å². The average molecular weight is 468 g/mol. The SMILES string of the molecule is Cc1ncccc1-c1ccc(C(=O)NC(C(=O)N2CC[C@H]3OCC(=O)[C@H]32)C2CCCCC2)s1. The number of nitrogens with zero attached hydrogens (tertiary/aromatic N) is 2. The predicted molar refractivity (Wildman–Crippen MR) is 125 cm³/mol. The number of likely N-dealkylation sites (tertiary alicyclic amines) is 1. The van der Waals surface area contributed by atoms with Gasteiger partial charge in [0.1, 0.15) is 18.7 Å². The Kier molecular flexibility index (Phi) is 6.29. The molecule has 1 N–H and O–H groups in total. The van der Waals surface area contributed by atoms with Gasteiger partial charge in [0.2, 0.25) is 5.91 Å². The Hall–Kier alpha value is -2.58. The third-order valence-corrected chi connectivity index (χ3v) is 8.29. The van der Waals surface area contributed by atoms with Crippen LogP contribution in [0.4, 0.5) is 0 Å². The highest BCUT2D eigenvalue weighted by atomic mass is 32.1. The number of hydrogen-bond acceptors (Lipinski definition) is 6. The van der Waals surface area contributed by atoms with E-state index in [9.17, 15) is 14.4 Å². The van der Waals surface area contributed by atoms with E-state index in [4.69, 9.17) is 4.74 Å². The number of ketones is 1. The number of nitrogens with one attached hydrogen (secondary N) is 1. The number of aromatic nitrogens is 1. The number of aryl methyl sites for hydroxylation is 1. The summed E-state index contributed by atoms with van der Waals surface area (Å²) in [5.74, 6) is -0.316. The van der Waals surface area contributed by atoms with Crippen LogP contribution in [0.3, 0.4) is 0 Å². The van der Waals surface area contributed by atoms with E-state index >= 15 is 0 Å². The lowest BCUT2D eigenvalue weighted by Crippen LogP contribution is -2.55. The highest BCUT2D eigenvalue weighted by Crippen LogP contribution is 2.33. The van der Waals surface area contributed by atoms with Crippen molar-refractivity contribution in [3.8, 4) is 10.4 Å². The zero-order valence-corrected chi connectivity index (χ0v) is 19.6. The number of thiophene rings is 1. The predicted octanol–water partition coefficient (Wildman–Crippen LogP) is 3.37. The molecule has 8 heteroatoms. The Balaban J connectivity index is 1.36. The van der Waals surface area contributed by atoms with Crippen molar-refractivity contribution in [2.75, 3.05) is 13.2 Å². The van der Waals surface area contributed by atoms with Gasteiger partial charge in [-0.3, -0.25) is 19.4 Å². The number of pyridine rings is 1. The van der Waals surface area contributed by atoms with Crippen molar-refractivity contribution < 1.29 is 19.1 Å². The maximum Gasteiger partial charge on any atom is 0.262 e. The molecule has 4 heterocycles. The number of fused-ring (bicyclic) bond motifs is 1. The summed E-state index contributed by atoms with van der Waals surface area (Å²) in [7, 11) is 0. The molecule has 0 radical (unpaired) electrons. The van der Waals surface area contributed by atoms with Crippen LogP contribution in [0.25, 0.3) is 10.4 Å². The van der Waals surface area contributed by atoms with Gasteiger partial charge < -0.3 is 15.0 Å². The van der Waals surface area contributed by atoms with E-state index in [1.807, 2.05) is 31.2 Å². The number of ether oxygens (including phenoxy) is 1. The van der Waals surface area contributed by atoms with Crippen LogP contribution in [0.1, 0.15) is 53.9 Å². The van der Waals surface area contributed by atoms with Gasteiger partial charge in [0.05, 0.1) is 11.0 Å². The molecule has 3 aliphatic rings. The molecule has 2 aromatic rings. The highest BCUT2D eigenvalue weighted by Gasteiger charge is 2.49. The Morgan fingerprint density at radius 2 is 2.00 bits per heavy atom. The third kappa shape index (κ3) is 4.34. The zero-order valence-electron chi connectivity index (χ0n) is 18.8. The van der Waals surface area contributed by atoms with E-state index < -0.39 is 12.1 Å². The molecule has 2 saturated heterocycles. The smallest absolute Gasteiger partial charge is 0.262 e. The van der Waals surface area contributed by atoms with Gasteiger partial charge in [0, 0.05) is 28.9 Å². The monoisotopic (exact) mass is 467 g/mol. The van der Waals surface area contributed by atoms with Crippen molar-refractivity contribution in [3.05, 3.63) is 41.0 Å².